The van der Waals surface area contributed by atoms with Crippen LogP contribution in [-0.4, -0.2) is 19.0 Å². The average Bonchev–Trinajstić information content (AvgIpc) is 2.65. The third-order valence-corrected chi connectivity index (χ3v) is 3.59. The molecule has 0 aromatic heterocycles. The third kappa shape index (κ3) is 2.39. The van der Waals surface area contributed by atoms with Crippen molar-refractivity contribution in [2.45, 2.75) is 20.3 Å². The largest absolute Gasteiger partial charge is 0.369 e. The van der Waals surface area contributed by atoms with E-state index in [0.29, 0.717) is 6.54 Å². The highest BCUT2D eigenvalue weighted by Crippen LogP contribution is 2.34. The first kappa shape index (κ1) is 12.2. The maximum Gasteiger partial charge on any atom is 0.222 e. The van der Waals surface area contributed by atoms with Crippen LogP contribution in [0.25, 0.3) is 0 Å². The van der Waals surface area contributed by atoms with Crippen molar-refractivity contribution in [1.29, 1.82) is 0 Å². The number of benzene rings is 1. The van der Waals surface area contributed by atoms with Gasteiger partial charge in [0.25, 0.3) is 0 Å². The minimum atomic E-state index is -0.214. The van der Waals surface area contributed by atoms with E-state index in [4.69, 9.17) is 17.3 Å². The van der Waals surface area contributed by atoms with Crippen LogP contribution in [0.5, 0.6) is 0 Å². The first-order valence-corrected chi connectivity index (χ1v) is 6.18. The number of carbonyl (C=O) groups excluding carboxylic acids is 1. The molecule has 1 saturated heterocycles. The summed E-state index contributed by atoms with van der Waals surface area (Å²) in [7, 11) is 0. The number of primary amides is 1. The number of hydrogen-bond donors (Lipinski definition) is 1. The lowest BCUT2D eigenvalue weighted by Gasteiger charge is -2.22. The zero-order valence-corrected chi connectivity index (χ0v) is 10.9. The standard InChI is InChI=1S/C13H17ClN2O/c1-8-5-9(2)12(11(14)6-8)16-4-3-10(7-16)13(15)17/h5-6,10H,3-4,7H2,1-2H3,(H2,15,17). The summed E-state index contributed by atoms with van der Waals surface area (Å²) in [6.45, 7) is 5.60. The first-order valence-electron chi connectivity index (χ1n) is 5.80. The van der Waals surface area contributed by atoms with Crippen molar-refractivity contribution in [2.24, 2.45) is 11.7 Å². The molecule has 0 spiro atoms. The molecular weight excluding hydrogens is 236 g/mol. The van der Waals surface area contributed by atoms with Crippen LogP contribution in [0.2, 0.25) is 5.02 Å². The molecule has 0 saturated carbocycles. The summed E-state index contributed by atoms with van der Waals surface area (Å²) in [5.74, 6) is -0.264. The Labute approximate surface area is 107 Å². The van der Waals surface area contributed by atoms with Crippen molar-refractivity contribution >= 4 is 23.2 Å². The molecule has 0 aliphatic carbocycles. The van der Waals surface area contributed by atoms with E-state index in [0.717, 1.165) is 34.8 Å². The van der Waals surface area contributed by atoms with Crippen molar-refractivity contribution in [3.05, 3.63) is 28.3 Å². The van der Waals surface area contributed by atoms with Crippen LogP contribution in [0.15, 0.2) is 12.1 Å². The van der Waals surface area contributed by atoms with Crippen LogP contribution >= 0.6 is 11.6 Å². The van der Waals surface area contributed by atoms with E-state index in [1.807, 2.05) is 19.9 Å². The minimum absolute atomic E-state index is 0.0493. The molecule has 2 N–H and O–H groups in total. The molecule has 1 atom stereocenters. The van der Waals surface area contributed by atoms with Crippen LogP contribution in [0.1, 0.15) is 17.5 Å². The van der Waals surface area contributed by atoms with Crippen LogP contribution in [0.3, 0.4) is 0 Å². The van der Waals surface area contributed by atoms with Crippen LogP contribution < -0.4 is 10.6 Å². The molecular formula is C13H17ClN2O. The molecule has 0 bridgehead atoms. The molecule has 1 heterocycles. The Kier molecular flexibility index (Phi) is 3.29. The van der Waals surface area contributed by atoms with Gasteiger partial charge in [-0.05, 0) is 37.5 Å². The maximum atomic E-state index is 11.2. The molecule has 17 heavy (non-hydrogen) atoms. The number of aryl methyl sites for hydroxylation is 2. The van der Waals surface area contributed by atoms with Crippen molar-refractivity contribution in [2.75, 3.05) is 18.0 Å². The van der Waals surface area contributed by atoms with Gasteiger partial charge in [-0.3, -0.25) is 4.79 Å². The number of carbonyl (C=O) groups is 1. The summed E-state index contributed by atoms with van der Waals surface area (Å²) in [4.78, 5) is 13.3. The summed E-state index contributed by atoms with van der Waals surface area (Å²) in [5, 5.41) is 0.757. The highest BCUT2D eigenvalue weighted by atomic mass is 35.5. The van der Waals surface area contributed by atoms with Crippen molar-refractivity contribution < 1.29 is 4.79 Å². The molecule has 1 unspecified atom stereocenters. The molecule has 1 fully saturated rings. The minimum Gasteiger partial charge on any atom is -0.369 e. The quantitative estimate of drug-likeness (QED) is 0.878. The Bertz CT molecular complexity index is 436. The SMILES string of the molecule is Cc1cc(C)c(N2CCC(C(N)=O)C2)c(Cl)c1. The van der Waals surface area contributed by atoms with Gasteiger partial charge >= 0.3 is 0 Å². The smallest absolute Gasteiger partial charge is 0.222 e. The number of rotatable bonds is 2. The lowest BCUT2D eigenvalue weighted by molar-refractivity contribution is -0.121. The molecule has 2 rings (SSSR count). The van der Waals surface area contributed by atoms with Gasteiger partial charge in [0, 0.05) is 13.1 Å². The number of nitrogens with two attached hydrogens (primary N) is 1. The predicted octanol–water partition coefficient (Wildman–Crippen LogP) is 2.27. The van der Waals surface area contributed by atoms with Gasteiger partial charge in [0.2, 0.25) is 5.91 Å². The Morgan fingerprint density at radius 3 is 2.71 bits per heavy atom. The maximum absolute atomic E-state index is 11.2. The summed E-state index contributed by atoms with van der Waals surface area (Å²) in [5.41, 5.74) is 8.69. The fraction of sp³-hybridized carbons (Fsp3) is 0.462. The third-order valence-electron chi connectivity index (χ3n) is 3.31. The van der Waals surface area contributed by atoms with E-state index >= 15 is 0 Å². The van der Waals surface area contributed by atoms with Gasteiger partial charge in [-0.1, -0.05) is 17.7 Å². The summed E-state index contributed by atoms with van der Waals surface area (Å²) in [6.07, 6.45) is 0.818. The topological polar surface area (TPSA) is 46.3 Å². The van der Waals surface area contributed by atoms with Crippen molar-refractivity contribution in [3.8, 4) is 0 Å². The zero-order chi connectivity index (χ0) is 12.6. The lowest BCUT2D eigenvalue weighted by atomic mass is 10.1. The highest BCUT2D eigenvalue weighted by molar-refractivity contribution is 6.33. The molecule has 1 aliphatic rings. The molecule has 92 valence electrons. The zero-order valence-electron chi connectivity index (χ0n) is 10.2. The summed E-state index contributed by atoms with van der Waals surface area (Å²) >= 11 is 6.28. The van der Waals surface area contributed by atoms with Crippen molar-refractivity contribution in [1.82, 2.24) is 0 Å². The number of nitrogens with zero attached hydrogens (tertiary/aromatic N) is 1. The molecule has 3 nitrogen and oxygen atoms in total. The lowest BCUT2D eigenvalue weighted by Crippen LogP contribution is -2.27. The van der Waals surface area contributed by atoms with E-state index in [1.54, 1.807) is 0 Å². The molecule has 4 heteroatoms. The Balaban J connectivity index is 2.27. The summed E-state index contributed by atoms with van der Waals surface area (Å²) in [6, 6.07) is 4.07. The van der Waals surface area contributed by atoms with Gasteiger partial charge < -0.3 is 10.6 Å². The van der Waals surface area contributed by atoms with Gasteiger partial charge in [0.1, 0.15) is 0 Å². The van der Waals surface area contributed by atoms with E-state index in [9.17, 15) is 4.79 Å². The average molecular weight is 253 g/mol. The Morgan fingerprint density at radius 2 is 2.18 bits per heavy atom. The second-order valence-corrected chi connectivity index (χ2v) is 5.15. The van der Waals surface area contributed by atoms with Gasteiger partial charge in [-0.15, -0.1) is 0 Å². The van der Waals surface area contributed by atoms with Gasteiger partial charge in [-0.25, -0.2) is 0 Å². The molecule has 1 aliphatic heterocycles. The molecule has 1 aromatic carbocycles. The Morgan fingerprint density at radius 1 is 1.47 bits per heavy atom. The monoisotopic (exact) mass is 252 g/mol. The van der Waals surface area contributed by atoms with E-state index < -0.39 is 0 Å². The number of amides is 1. The van der Waals surface area contributed by atoms with Crippen molar-refractivity contribution in [3.63, 3.8) is 0 Å². The second-order valence-electron chi connectivity index (χ2n) is 4.75. The predicted molar refractivity (Wildman–Crippen MR) is 70.4 cm³/mol. The van der Waals surface area contributed by atoms with Gasteiger partial charge in [0.05, 0.1) is 16.6 Å². The molecule has 1 aromatic rings. The number of hydrogen-bond acceptors (Lipinski definition) is 2. The van der Waals surface area contributed by atoms with Crippen LogP contribution in [0, 0.1) is 19.8 Å². The number of halogens is 1. The highest BCUT2D eigenvalue weighted by Gasteiger charge is 2.28. The van der Waals surface area contributed by atoms with Crippen LogP contribution in [0.4, 0.5) is 5.69 Å². The fourth-order valence-corrected chi connectivity index (χ4v) is 2.94. The first-order chi connectivity index (χ1) is 7.99. The van der Waals surface area contributed by atoms with E-state index in [-0.39, 0.29) is 11.8 Å². The molecule has 1 amide bonds. The normalized spacial score (nSPS) is 19.7. The second kappa shape index (κ2) is 4.57. The Hall–Kier alpha value is -1.22. The molecule has 0 radical (unpaired) electrons. The van der Waals surface area contributed by atoms with E-state index in [2.05, 4.69) is 11.0 Å². The van der Waals surface area contributed by atoms with E-state index in [1.165, 1.54) is 0 Å². The fourth-order valence-electron chi connectivity index (χ4n) is 2.50. The van der Waals surface area contributed by atoms with Gasteiger partial charge in [0.15, 0.2) is 0 Å². The van der Waals surface area contributed by atoms with Crippen LogP contribution in [-0.2, 0) is 4.79 Å². The summed E-state index contributed by atoms with van der Waals surface area (Å²) < 4.78 is 0. The van der Waals surface area contributed by atoms with Gasteiger partial charge in [-0.2, -0.15) is 0 Å². The number of anilines is 1.